The van der Waals surface area contributed by atoms with E-state index in [-0.39, 0.29) is 25.0 Å². The summed E-state index contributed by atoms with van der Waals surface area (Å²) in [4.78, 5) is 27.2. The van der Waals surface area contributed by atoms with Gasteiger partial charge in [0.15, 0.2) is 6.61 Å². The van der Waals surface area contributed by atoms with Crippen LogP contribution in [-0.2, 0) is 16.1 Å². The number of nitrogens with zero attached hydrogens (tertiary/aromatic N) is 1. The lowest BCUT2D eigenvalue weighted by atomic mass is 10.1. The molecule has 0 heterocycles. The monoisotopic (exact) mass is 450 g/mol. The Morgan fingerprint density at radius 1 is 1.07 bits per heavy atom. The molecule has 2 rings (SSSR count). The number of carbonyl (C=O) groups excluding carboxylic acids is 2. The minimum absolute atomic E-state index is 0.177. The van der Waals surface area contributed by atoms with Crippen molar-refractivity contribution in [2.45, 2.75) is 46.7 Å². The van der Waals surface area contributed by atoms with E-state index >= 15 is 0 Å². The molecule has 0 bridgehead atoms. The average molecular weight is 451 g/mol. The van der Waals surface area contributed by atoms with Crippen LogP contribution in [0.25, 0.3) is 0 Å². The van der Waals surface area contributed by atoms with Gasteiger partial charge in [0.25, 0.3) is 5.91 Å². The van der Waals surface area contributed by atoms with Crippen molar-refractivity contribution in [1.82, 2.24) is 10.2 Å². The molecule has 7 heteroatoms. The van der Waals surface area contributed by atoms with E-state index < -0.39 is 6.04 Å². The predicted octanol–water partition coefficient (Wildman–Crippen LogP) is 4.93. The second-order valence-electron chi connectivity index (χ2n) is 7.11. The molecule has 0 aliphatic carbocycles. The molecular formula is C23H28Cl2N2O3. The fourth-order valence-electron chi connectivity index (χ4n) is 3.08. The van der Waals surface area contributed by atoms with Crippen molar-refractivity contribution in [2.75, 3.05) is 13.2 Å². The zero-order chi connectivity index (χ0) is 22.3. The molecular weight excluding hydrogens is 423 g/mol. The Morgan fingerprint density at radius 3 is 2.40 bits per heavy atom. The molecule has 0 radical (unpaired) electrons. The lowest BCUT2D eigenvalue weighted by molar-refractivity contribution is -0.142. The zero-order valence-corrected chi connectivity index (χ0v) is 19.3. The van der Waals surface area contributed by atoms with E-state index in [1.807, 2.05) is 45.9 Å². The van der Waals surface area contributed by atoms with Crippen molar-refractivity contribution in [1.29, 1.82) is 0 Å². The summed E-state index contributed by atoms with van der Waals surface area (Å²) in [6.07, 6.45) is 0.465. The van der Waals surface area contributed by atoms with Gasteiger partial charge in [0.1, 0.15) is 11.8 Å². The van der Waals surface area contributed by atoms with Crippen LogP contribution >= 0.6 is 23.2 Å². The molecule has 162 valence electrons. The summed E-state index contributed by atoms with van der Waals surface area (Å²) in [6.45, 7) is 8.20. The third-order valence-corrected chi connectivity index (χ3v) is 5.52. The molecule has 2 aromatic rings. The van der Waals surface area contributed by atoms with Crippen LogP contribution in [0.3, 0.4) is 0 Å². The van der Waals surface area contributed by atoms with Crippen LogP contribution in [0.1, 0.15) is 37.0 Å². The van der Waals surface area contributed by atoms with Crippen LogP contribution in [-0.4, -0.2) is 35.9 Å². The molecule has 0 saturated heterocycles. The van der Waals surface area contributed by atoms with Crippen LogP contribution in [0.15, 0.2) is 36.4 Å². The Balaban J connectivity index is 2.24. The van der Waals surface area contributed by atoms with Gasteiger partial charge >= 0.3 is 0 Å². The number of hydrogen-bond acceptors (Lipinski definition) is 3. The number of benzene rings is 2. The summed E-state index contributed by atoms with van der Waals surface area (Å²) < 4.78 is 5.73. The first-order valence-electron chi connectivity index (χ1n) is 9.97. The zero-order valence-electron chi connectivity index (χ0n) is 17.8. The van der Waals surface area contributed by atoms with Crippen LogP contribution in [0.4, 0.5) is 0 Å². The maximum Gasteiger partial charge on any atom is 0.261 e. The van der Waals surface area contributed by atoms with Crippen molar-refractivity contribution in [3.8, 4) is 5.75 Å². The van der Waals surface area contributed by atoms with Crippen LogP contribution in [0.2, 0.25) is 10.0 Å². The van der Waals surface area contributed by atoms with Gasteiger partial charge in [-0.25, -0.2) is 0 Å². The number of likely N-dealkylation sites (N-methyl/N-ethyl adjacent to an activating group) is 1. The van der Waals surface area contributed by atoms with Gasteiger partial charge in [-0.05, 0) is 68.1 Å². The largest absolute Gasteiger partial charge is 0.484 e. The van der Waals surface area contributed by atoms with Crippen LogP contribution < -0.4 is 10.1 Å². The number of aryl methyl sites for hydroxylation is 2. The van der Waals surface area contributed by atoms with Gasteiger partial charge in [-0.3, -0.25) is 9.59 Å². The van der Waals surface area contributed by atoms with Gasteiger partial charge in [0.2, 0.25) is 5.91 Å². The Bertz CT molecular complexity index is 902. The standard InChI is InChI=1S/C23H28Cl2N2O3/c1-5-21(23(29)26-6-2)27(13-17-8-9-18(24)12-20(17)25)22(28)14-30-19-10-7-15(3)16(4)11-19/h7-12,21H,5-6,13-14H2,1-4H3,(H,26,29)/t21-/m0/s1. The molecule has 0 unspecified atom stereocenters. The third kappa shape index (κ3) is 6.38. The summed E-state index contributed by atoms with van der Waals surface area (Å²) in [5.41, 5.74) is 2.94. The molecule has 1 atom stereocenters. The molecule has 0 saturated carbocycles. The second-order valence-corrected chi connectivity index (χ2v) is 7.95. The fourth-order valence-corrected chi connectivity index (χ4v) is 3.54. The number of ether oxygens (including phenoxy) is 1. The first-order valence-corrected chi connectivity index (χ1v) is 10.7. The Hall–Kier alpha value is -2.24. The van der Waals surface area contributed by atoms with E-state index in [1.54, 1.807) is 18.2 Å². The maximum absolute atomic E-state index is 13.1. The minimum atomic E-state index is -0.632. The molecule has 2 amide bonds. The predicted molar refractivity (Wildman–Crippen MR) is 121 cm³/mol. The van der Waals surface area contributed by atoms with E-state index in [2.05, 4.69) is 5.32 Å². The van der Waals surface area contributed by atoms with E-state index in [4.69, 9.17) is 27.9 Å². The first-order chi connectivity index (χ1) is 14.3. The molecule has 30 heavy (non-hydrogen) atoms. The molecule has 0 spiro atoms. The summed E-state index contributed by atoms with van der Waals surface area (Å²) in [6, 6.07) is 10.1. The number of hydrogen-bond donors (Lipinski definition) is 1. The maximum atomic E-state index is 13.1. The highest BCUT2D eigenvalue weighted by atomic mass is 35.5. The summed E-state index contributed by atoms with van der Waals surface area (Å²) in [5, 5.41) is 3.76. The van der Waals surface area contributed by atoms with E-state index in [1.165, 1.54) is 4.90 Å². The Kier molecular flexibility index (Phi) is 9.00. The van der Waals surface area contributed by atoms with Gasteiger partial charge in [-0.15, -0.1) is 0 Å². The lowest BCUT2D eigenvalue weighted by Crippen LogP contribution is -2.50. The molecule has 0 aliphatic heterocycles. The number of halogens is 2. The second kappa shape index (κ2) is 11.2. The Labute approximate surface area is 188 Å². The van der Waals surface area contributed by atoms with Gasteiger partial charge in [-0.2, -0.15) is 0 Å². The number of nitrogens with one attached hydrogen (secondary N) is 1. The molecule has 2 aromatic carbocycles. The van der Waals surface area contributed by atoms with Gasteiger partial charge < -0.3 is 15.0 Å². The molecule has 5 nitrogen and oxygen atoms in total. The molecule has 1 N–H and O–H groups in total. The van der Waals surface area contributed by atoms with E-state index in [0.717, 1.165) is 11.1 Å². The van der Waals surface area contributed by atoms with Crippen molar-refractivity contribution >= 4 is 35.0 Å². The highest BCUT2D eigenvalue weighted by Crippen LogP contribution is 2.24. The smallest absolute Gasteiger partial charge is 0.261 e. The highest BCUT2D eigenvalue weighted by molar-refractivity contribution is 6.35. The van der Waals surface area contributed by atoms with Crippen molar-refractivity contribution in [3.63, 3.8) is 0 Å². The average Bonchev–Trinajstić information content (AvgIpc) is 2.70. The summed E-state index contributed by atoms with van der Waals surface area (Å²) >= 11 is 12.3. The van der Waals surface area contributed by atoms with Gasteiger partial charge in [-0.1, -0.05) is 42.3 Å². The van der Waals surface area contributed by atoms with Crippen LogP contribution in [0.5, 0.6) is 5.75 Å². The molecule has 0 fully saturated rings. The topological polar surface area (TPSA) is 58.6 Å². The highest BCUT2D eigenvalue weighted by Gasteiger charge is 2.29. The van der Waals surface area contributed by atoms with E-state index in [0.29, 0.717) is 34.3 Å². The minimum Gasteiger partial charge on any atom is -0.484 e. The van der Waals surface area contributed by atoms with Crippen molar-refractivity contribution in [3.05, 3.63) is 63.1 Å². The molecule has 0 aliphatic rings. The quantitative estimate of drug-likeness (QED) is 0.588. The molecule has 0 aromatic heterocycles. The van der Waals surface area contributed by atoms with E-state index in [9.17, 15) is 9.59 Å². The lowest BCUT2D eigenvalue weighted by Gasteiger charge is -2.30. The fraction of sp³-hybridized carbons (Fsp3) is 0.391. The number of amides is 2. The SMILES string of the molecule is CCNC(=O)[C@H](CC)N(Cc1ccc(Cl)cc1Cl)C(=O)COc1ccc(C)c(C)c1. The third-order valence-electron chi connectivity index (χ3n) is 4.93. The van der Waals surface area contributed by atoms with Crippen molar-refractivity contribution < 1.29 is 14.3 Å². The van der Waals surface area contributed by atoms with Gasteiger partial charge in [0, 0.05) is 23.1 Å². The normalized spacial score (nSPS) is 11.7. The summed E-state index contributed by atoms with van der Waals surface area (Å²) in [5.74, 6) is 0.115. The number of carbonyl (C=O) groups is 2. The number of rotatable bonds is 9. The summed E-state index contributed by atoms with van der Waals surface area (Å²) in [7, 11) is 0. The van der Waals surface area contributed by atoms with Crippen LogP contribution in [0, 0.1) is 13.8 Å². The van der Waals surface area contributed by atoms with Crippen molar-refractivity contribution in [2.24, 2.45) is 0 Å². The Morgan fingerprint density at radius 2 is 1.80 bits per heavy atom. The van der Waals surface area contributed by atoms with Gasteiger partial charge in [0.05, 0.1) is 0 Å². The first kappa shape index (κ1) is 24.0.